The van der Waals surface area contributed by atoms with E-state index >= 15 is 0 Å². The predicted octanol–water partition coefficient (Wildman–Crippen LogP) is 2.21. The number of rotatable bonds is 9. The Labute approximate surface area is 240 Å². The number of methoxy groups -OCH3 is 2. The summed E-state index contributed by atoms with van der Waals surface area (Å²) in [6, 6.07) is 13.3. The van der Waals surface area contributed by atoms with Crippen LogP contribution in [0.1, 0.15) is 41.4 Å². The van der Waals surface area contributed by atoms with E-state index < -0.39 is 28.0 Å². The van der Waals surface area contributed by atoms with Crippen LogP contribution in [-0.2, 0) is 30.8 Å². The van der Waals surface area contributed by atoms with Crippen molar-refractivity contribution in [3.8, 4) is 0 Å². The van der Waals surface area contributed by atoms with Gasteiger partial charge in [-0.15, -0.1) is 0 Å². The van der Waals surface area contributed by atoms with E-state index in [4.69, 9.17) is 20.2 Å². The normalized spacial score (nSPS) is 21.8. The van der Waals surface area contributed by atoms with Gasteiger partial charge in [-0.05, 0) is 43.5 Å². The molecule has 0 spiro atoms. The average molecular weight is 584 g/mol. The molecule has 1 unspecified atom stereocenters. The van der Waals surface area contributed by atoms with E-state index in [-0.39, 0.29) is 35.4 Å². The van der Waals surface area contributed by atoms with Crippen LogP contribution >= 0.6 is 0 Å². The van der Waals surface area contributed by atoms with Crippen molar-refractivity contribution in [1.29, 1.82) is 0 Å². The van der Waals surface area contributed by atoms with E-state index in [1.807, 2.05) is 23.1 Å². The molecule has 0 aliphatic carbocycles. The van der Waals surface area contributed by atoms with Gasteiger partial charge in [0.1, 0.15) is 5.82 Å². The number of para-hydroxylation sites is 2. The quantitative estimate of drug-likeness (QED) is 0.299. The largest absolute Gasteiger partial charge is 0.465 e. The highest BCUT2D eigenvalue weighted by atomic mass is 32.2. The number of hydrogen-bond acceptors (Lipinski definition) is 8. The smallest absolute Gasteiger partial charge is 0.339 e. The highest BCUT2D eigenvalue weighted by Crippen LogP contribution is 2.32. The number of aryl methyl sites for hydroxylation is 1. The SMILES string of the molecule is COCCCn1c(C2CCCN(C(=O)[C@@H]3CN(S(=O)(=O)c4ccccc4C(=O)OC)C[C@H]3N)C2)nc2ccccc21. The van der Waals surface area contributed by atoms with E-state index in [0.29, 0.717) is 19.7 Å². The van der Waals surface area contributed by atoms with Crippen molar-refractivity contribution in [2.24, 2.45) is 11.7 Å². The monoisotopic (exact) mass is 583 g/mol. The van der Waals surface area contributed by atoms with Gasteiger partial charge in [0.25, 0.3) is 0 Å². The van der Waals surface area contributed by atoms with Crippen LogP contribution in [0.15, 0.2) is 53.4 Å². The molecule has 2 aliphatic heterocycles. The summed E-state index contributed by atoms with van der Waals surface area (Å²) in [4.78, 5) is 32.7. The molecule has 3 heterocycles. The lowest BCUT2D eigenvalue weighted by Crippen LogP contribution is -2.47. The Bertz CT molecular complexity index is 1520. The first-order valence-electron chi connectivity index (χ1n) is 13.9. The zero-order chi connectivity index (χ0) is 29.1. The summed E-state index contributed by atoms with van der Waals surface area (Å²) < 4.78 is 40.6. The van der Waals surface area contributed by atoms with Gasteiger partial charge in [0, 0.05) is 58.4 Å². The number of carbonyl (C=O) groups is 2. The Hall–Kier alpha value is -3.32. The molecule has 12 heteroatoms. The number of benzene rings is 2. The first kappa shape index (κ1) is 29.2. The molecule has 2 N–H and O–H groups in total. The van der Waals surface area contributed by atoms with Gasteiger partial charge in [-0.1, -0.05) is 24.3 Å². The fourth-order valence-electron chi connectivity index (χ4n) is 5.99. The van der Waals surface area contributed by atoms with E-state index in [1.165, 1.54) is 23.5 Å². The van der Waals surface area contributed by atoms with Gasteiger partial charge in [0.2, 0.25) is 15.9 Å². The van der Waals surface area contributed by atoms with E-state index in [0.717, 1.165) is 42.7 Å². The number of aromatic nitrogens is 2. The lowest BCUT2D eigenvalue weighted by molar-refractivity contribution is -0.136. The van der Waals surface area contributed by atoms with E-state index in [1.54, 1.807) is 19.2 Å². The van der Waals surface area contributed by atoms with Gasteiger partial charge < -0.3 is 24.7 Å². The molecule has 3 aromatic rings. The summed E-state index contributed by atoms with van der Waals surface area (Å²) in [7, 11) is -1.19. The zero-order valence-electron chi connectivity index (χ0n) is 23.4. The molecular weight excluding hydrogens is 546 g/mol. The number of imidazole rings is 1. The summed E-state index contributed by atoms with van der Waals surface area (Å²) in [5.41, 5.74) is 8.33. The lowest BCUT2D eigenvalue weighted by atomic mass is 9.94. The van der Waals surface area contributed by atoms with Crippen LogP contribution in [0.5, 0.6) is 0 Å². The molecular formula is C29H37N5O6S. The van der Waals surface area contributed by atoms with Crippen LogP contribution < -0.4 is 5.73 Å². The number of nitrogens with two attached hydrogens (primary N) is 1. The van der Waals surface area contributed by atoms with Crippen molar-refractivity contribution in [3.63, 3.8) is 0 Å². The van der Waals surface area contributed by atoms with Crippen molar-refractivity contribution >= 4 is 32.9 Å². The van der Waals surface area contributed by atoms with Gasteiger partial charge in [-0.2, -0.15) is 4.31 Å². The number of nitrogens with zero attached hydrogens (tertiary/aromatic N) is 4. The first-order chi connectivity index (χ1) is 19.8. The number of carbonyl (C=O) groups excluding carboxylic acids is 2. The van der Waals surface area contributed by atoms with Gasteiger partial charge in [0.05, 0.1) is 34.5 Å². The number of piperidine rings is 1. The summed E-state index contributed by atoms with van der Waals surface area (Å²) in [6.45, 7) is 2.43. The van der Waals surface area contributed by atoms with Crippen LogP contribution in [-0.4, -0.2) is 92.1 Å². The fourth-order valence-corrected chi connectivity index (χ4v) is 7.67. The molecule has 11 nitrogen and oxygen atoms in total. The molecule has 2 aromatic carbocycles. The Kier molecular flexibility index (Phi) is 8.74. The van der Waals surface area contributed by atoms with Crippen molar-refractivity contribution < 1.29 is 27.5 Å². The molecule has 2 aliphatic rings. The minimum Gasteiger partial charge on any atom is -0.465 e. The molecule has 41 heavy (non-hydrogen) atoms. The van der Waals surface area contributed by atoms with Crippen molar-refractivity contribution in [2.75, 3.05) is 47.0 Å². The van der Waals surface area contributed by atoms with Gasteiger partial charge in [0.15, 0.2) is 0 Å². The second-order valence-corrected chi connectivity index (χ2v) is 12.6. The summed E-state index contributed by atoms with van der Waals surface area (Å²) in [5.74, 6) is -0.573. The maximum absolute atomic E-state index is 13.8. The summed E-state index contributed by atoms with van der Waals surface area (Å²) >= 11 is 0. The maximum Gasteiger partial charge on any atom is 0.339 e. The standard InChI is InChI=1S/C29H37N5O6S/c1-39-16-8-15-34-25-12-5-4-11-24(25)31-27(34)20-9-7-14-32(17-20)28(35)22-18-33(19-23(22)30)41(37,38)26-13-6-3-10-21(26)29(36)40-2/h3-6,10-13,20,22-23H,7-9,14-19,30H2,1-2H3/t20?,22-,23-/m1/s1. The van der Waals surface area contributed by atoms with Crippen molar-refractivity contribution in [1.82, 2.24) is 18.8 Å². The van der Waals surface area contributed by atoms with Crippen molar-refractivity contribution in [2.45, 2.75) is 42.7 Å². The van der Waals surface area contributed by atoms with Crippen LogP contribution in [0.3, 0.4) is 0 Å². The Balaban J connectivity index is 1.34. The molecule has 0 saturated carbocycles. The highest BCUT2D eigenvalue weighted by molar-refractivity contribution is 7.89. The third kappa shape index (κ3) is 5.74. The Morgan fingerprint density at radius 2 is 1.80 bits per heavy atom. The molecule has 0 bridgehead atoms. The molecule has 2 saturated heterocycles. The zero-order valence-corrected chi connectivity index (χ0v) is 24.3. The molecule has 0 radical (unpaired) electrons. The maximum atomic E-state index is 13.8. The Morgan fingerprint density at radius 3 is 2.59 bits per heavy atom. The number of sulfonamides is 1. The molecule has 3 atom stereocenters. The highest BCUT2D eigenvalue weighted by Gasteiger charge is 2.44. The van der Waals surface area contributed by atoms with Gasteiger partial charge in [-0.25, -0.2) is 18.2 Å². The second-order valence-electron chi connectivity index (χ2n) is 10.7. The van der Waals surface area contributed by atoms with Crippen molar-refractivity contribution in [3.05, 3.63) is 59.9 Å². The number of esters is 1. The third-order valence-electron chi connectivity index (χ3n) is 8.07. The third-order valence-corrected chi connectivity index (χ3v) is 9.96. The van der Waals surface area contributed by atoms with Crippen LogP contribution in [0.4, 0.5) is 0 Å². The molecule has 1 aromatic heterocycles. The molecule has 2 fully saturated rings. The number of amides is 1. The predicted molar refractivity (Wildman–Crippen MR) is 153 cm³/mol. The molecule has 5 rings (SSSR count). The van der Waals surface area contributed by atoms with Crippen LogP contribution in [0.2, 0.25) is 0 Å². The van der Waals surface area contributed by atoms with Crippen LogP contribution in [0, 0.1) is 5.92 Å². The minimum atomic E-state index is -4.08. The molecule has 1 amide bonds. The van der Waals surface area contributed by atoms with E-state index in [2.05, 4.69) is 10.6 Å². The number of hydrogen-bond donors (Lipinski definition) is 1. The average Bonchev–Trinajstić information content (AvgIpc) is 3.57. The minimum absolute atomic E-state index is 0.0131. The van der Waals surface area contributed by atoms with Gasteiger partial charge >= 0.3 is 5.97 Å². The summed E-state index contributed by atoms with van der Waals surface area (Å²) in [5, 5.41) is 0. The first-order valence-corrected chi connectivity index (χ1v) is 15.4. The topological polar surface area (TPSA) is 137 Å². The summed E-state index contributed by atoms with van der Waals surface area (Å²) in [6.07, 6.45) is 2.56. The number of ether oxygens (including phenoxy) is 2. The lowest BCUT2D eigenvalue weighted by Gasteiger charge is -2.35. The second kappa shape index (κ2) is 12.3. The number of fused-ring (bicyclic) bond motifs is 1. The van der Waals surface area contributed by atoms with E-state index in [9.17, 15) is 18.0 Å². The van der Waals surface area contributed by atoms with Gasteiger partial charge in [-0.3, -0.25) is 4.79 Å². The number of likely N-dealkylation sites (tertiary alicyclic amines) is 1. The fraction of sp³-hybridized carbons (Fsp3) is 0.483. The Morgan fingerprint density at radius 1 is 1.05 bits per heavy atom. The van der Waals surface area contributed by atoms with Crippen LogP contribution in [0.25, 0.3) is 11.0 Å². The molecule has 220 valence electrons.